The van der Waals surface area contributed by atoms with Gasteiger partial charge in [-0.2, -0.15) is 0 Å². The zero-order valence-corrected chi connectivity index (χ0v) is 11.9. The zero-order valence-electron chi connectivity index (χ0n) is 11.1. The van der Waals surface area contributed by atoms with Crippen molar-refractivity contribution in [3.8, 4) is 16.9 Å². The molecule has 0 spiro atoms. The molecule has 0 amide bonds. The number of aromatic carboxylic acids is 1. The first kappa shape index (κ1) is 14.4. The molecule has 3 nitrogen and oxygen atoms in total. The van der Waals surface area contributed by atoms with Crippen molar-refractivity contribution in [2.75, 3.05) is 6.61 Å². The molecular formula is C16H15ClO3. The van der Waals surface area contributed by atoms with Crippen molar-refractivity contribution in [3.05, 3.63) is 53.1 Å². The molecule has 0 saturated carbocycles. The molecule has 20 heavy (non-hydrogen) atoms. The second-order valence-electron chi connectivity index (χ2n) is 4.37. The Morgan fingerprint density at radius 2 is 1.95 bits per heavy atom. The number of carboxylic acids is 1. The summed E-state index contributed by atoms with van der Waals surface area (Å²) in [6, 6.07) is 12.4. The molecule has 0 radical (unpaired) electrons. The predicted octanol–water partition coefficient (Wildman–Crippen LogP) is 4.49. The quantitative estimate of drug-likeness (QED) is 0.882. The van der Waals surface area contributed by atoms with Gasteiger partial charge in [0.2, 0.25) is 0 Å². The van der Waals surface area contributed by atoms with Crippen LogP contribution in [0.2, 0.25) is 5.02 Å². The SMILES string of the molecule is CCCOc1ccc(-c2cccc(Cl)c2)cc1C(=O)O. The zero-order chi connectivity index (χ0) is 14.5. The highest BCUT2D eigenvalue weighted by Crippen LogP contribution is 2.28. The molecule has 0 aliphatic carbocycles. The summed E-state index contributed by atoms with van der Waals surface area (Å²) in [5, 5.41) is 9.90. The lowest BCUT2D eigenvalue weighted by molar-refractivity contribution is 0.0692. The lowest BCUT2D eigenvalue weighted by Gasteiger charge is -2.10. The van der Waals surface area contributed by atoms with E-state index in [1.54, 1.807) is 24.3 Å². The molecule has 2 aromatic carbocycles. The summed E-state index contributed by atoms with van der Waals surface area (Å²) in [5.74, 6) is -0.606. The van der Waals surface area contributed by atoms with Crippen LogP contribution < -0.4 is 4.74 Å². The number of rotatable bonds is 5. The van der Waals surface area contributed by atoms with Crippen LogP contribution in [0.5, 0.6) is 5.75 Å². The number of benzene rings is 2. The Labute approximate surface area is 122 Å². The Balaban J connectivity index is 2.42. The van der Waals surface area contributed by atoms with Crippen molar-refractivity contribution >= 4 is 17.6 Å². The van der Waals surface area contributed by atoms with E-state index in [-0.39, 0.29) is 5.56 Å². The van der Waals surface area contributed by atoms with E-state index >= 15 is 0 Å². The maximum atomic E-state index is 11.3. The summed E-state index contributed by atoms with van der Waals surface area (Å²) in [5.41, 5.74) is 1.84. The standard InChI is InChI=1S/C16H15ClO3/c1-2-8-20-15-7-6-12(10-14(15)16(18)19)11-4-3-5-13(17)9-11/h3-7,9-10H,2,8H2,1H3,(H,18,19). The van der Waals surface area contributed by atoms with Gasteiger partial charge in [-0.3, -0.25) is 0 Å². The van der Waals surface area contributed by atoms with E-state index in [1.807, 2.05) is 25.1 Å². The minimum Gasteiger partial charge on any atom is -0.493 e. The third-order valence-electron chi connectivity index (χ3n) is 2.83. The Morgan fingerprint density at radius 3 is 2.60 bits per heavy atom. The largest absolute Gasteiger partial charge is 0.493 e. The highest BCUT2D eigenvalue weighted by atomic mass is 35.5. The van der Waals surface area contributed by atoms with Gasteiger partial charge in [0.15, 0.2) is 0 Å². The predicted molar refractivity (Wildman–Crippen MR) is 79.6 cm³/mol. The van der Waals surface area contributed by atoms with E-state index < -0.39 is 5.97 Å². The van der Waals surface area contributed by atoms with Crippen LogP contribution in [0.1, 0.15) is 23.7 Å². The fraction of sp³-hybridized carbons (Fsp3) is 0.188. The van der Waals surface area contributed by atoms with Crippen LogP contribution in [0.4, 0.5) is 0 Å². The molecule has 2 aromatic rings. The molecule has 0 heterocycles. The summed E-state index contributed by atoms with van der Waals surface area (Å²) < 4.78 is 5.46. The van der Waals surface area contributed by atoms with Gasteiger partial charge in [0.05, 0.1) is 6.61 Å². The molecule has 0 fully saturated rings. The van der Waals surface area contributed by atoms with Crippen LogP contribution in [-0.2, 0) is 0 Å². The van der Waals surface area contributed by atoms with Crippen LogP contribution in [0.25, 0.3) is 11.1 Å². The van der Waals surface area contributed by atoms with Gasteiger partial charge < -0.3 is 9.84 Å². The van der Waals surface area contributed by atoms with Gasteiger partial charge in [-0.25, -0.2) is 4.79 Å². The molecule has 0 unspecified atom stereocenters. The third kappa shape index (κ3) is 3.31. The molecule has 0 aromatic heterocycles. The summed E-state index contributed by atoms with van der Waals surface area (Å²) >= 11 is 5.96. The summed E-state index contributed by atoms with van der Waals surface area (Å²) in [4.78, 5) is 11.3. The van der Waals surface area contributed by atoms with Crippen LogP contribution in [0, 0.1) is 0 Å². The molecule has 0 aliphatic rings. The van der Waals surface area contributed by atoms with E-state index in [0.29, 0.717) is 17.4 Å². The van der Waals surface area contributed by atoms with Crippen molar-refractivity contribution in [1.29, 1.82) is 0 Å². The van der Waals surface area contributed by atoms with Gasteiger partial charge in [0, 0.05) is 5.02 Å². The summed E-state index contributed by atoms with van der Waals surface area (Å²) in [6.45, 7) is 2.47. The molecule has 104 valence electrons. The van der Waals surface area contributed by atoms with Crippen LogP contribution in [0.3, 0.4) is 0 Å². The maximum absolute atomic E-state index is 11.3. The Kier molecular flexibility index (Phi) is 4.64. The first-order chi connectivity index (χ1) is 9.61. The normalized spacial score (nSPS) is 10.3. The number of hydrogen-bond acceptors (Lipinski definition) is 2. The molecule has 0 saturated heterocycles. The van der Waals surface area contributed by atoms with Gasteiger partial charge in [-0.15, -0.1) is 0 Å². The number of ether oxygens (including phenoxy) is 1. The highest BCUT2D eigenvalue weighted by Gasteiger charge is 2.13. The minimum atomic E-state index is -1.00. The van der Waals surface area contributed by atoms with Gasteiger partial charge in [-0.05, 0) is 41.8 Å². The smallest absolute Gasteiger partial charge is 0.339 e. The minimum absolute atomic E-state index is 0.163. The second-order valence-corrected chi connectivity index (χ2v) is 4.81. The Hall–Kier alpha value is -2.00. The monoisotopic (exact) mass is 290 g/mol. The fourth-order valence-corrected chi connectivity index (χ4v) is 2.07. The number of carbonyl (C=O) groups is 1. The second kappa shape index (κ2) is 6.44. The topological polar surface area (TPSA) is 46.5 Å². The van der Waals surface area contributed by atoms with Crippen LogP contribution in [0.15, 0.2) is 42.5 Å². The van der Waals surface area contributed by atoms with E-state index in [4.69, 9.17) is 16.3 Å². The average molecular weight is 291 g/mol. The summed E-state index contributed by atoms with van der Waals surface area (Å²) in [6.07, 6.45) is 0.828. The van der Waals surface area contributed by atoms with Crippen molar-refractivity contribution in [2.24, 2.45) is 0 Å². The molecule has 0 bridgehead atoms. The summed E-state index contributed by atoms with van der Waals surface area (Å²) in [7, 11) is 0. The van der Waals surface area contributed by atoms with E-state index in [0.717, 1.165) is 17.5 Å². The molecule has 4 heteroatoms. The van der Waals surface area contributed by atoms with Crippen molar-refractivity contribution < 1.29 is 14.6 Å². The van der Waals surface area contributed by atoms with Gasteiger partial charge in [0.1, 0.15) is 11.3 Å². The van der Waals surface area contributed by atoms with Crippen LogP contribution >= 0.6 is 11.6 Å². The molecule has 1 N–H and O–H groups in total. The lowest BCUT2D eigenvalue weighted by atomic mass is 10.0. The Bertz CT molecular complexity index is 623. The van der Waals surface area contributed by atoms with Crippen molar-refractivity contribution in [3.63, 3.8) is 0 Å². The molecule has 0 atom stereocenters. The first-order valence-electron chi connectivity index (χ1n) is 6.38. The van der Waals surface area contributed by atoms with Crippen molar-refractivity contribution in [1.82, 2.24) is 0 Å². The molecule has 0 aliphatic heterocycles. The fourth-order valence-electron chi connectivity index (χ4n) is 1.88. The number of halogens is 1. The first-order valence-corrected chi connectivity index (χ1v) is 6.75. The molecular weight excluding hydrogens is 276 g/mol. The van der Waals surface area contributed by atoms with E-state index in [1.165, 1.54) is 0 Å². The van der Waals surface area contributed by atoms with Crippen LogP contribution in [-0.4, -0.2) is 17.7 Å². The van der Waals surface area contributed by atoms with E-state index in [2.05, 4.69) is 0 Å². The average Bonchev–Trinajstić information content (AvgIpc) is 2.44. The van der Waals surface area contributed by atoms with Crippen molar-refractivity contribution in [2.45, 2.75) is 13.3 Å². The van der Waals surface area contributed by atoms with E-state index in [9.17, 15) is 9.90 Å². The number of hydrogen-bond donors (Lipinski definition) is 1. The van der Waals surface area contributed by atoms with Gasteiger partial charge in [0.25, 0.3) is 0 Å². The van der Waals surface area contributed by atoms with Gasteiger partial charge >= 0.3 is 5.97 Å². The lowest BCUT2D eigenvalue weighted by Crippen LogP contribution is -2.04. The molecule has 2 rings (SSSR count). The van der Waals surface area contributed by atoms with Gasteiger partial charge in [-0.1, -0.05) is 36.7 Å². The maximum Gasteiger partial charge on any atom is 0.339 e. The number of carboxylic acid groups (broad SMARTS) is 1. The third-order valence-corrected chi connectivity index (χ3v) is 3.06. The Morgan fingerprint density at radius 1 is 1.20 bits per heavy atom. The highest BCUT2D eigenvalue weighted by molar-refractivity contribution is 6.30.